The minimum atomic E-state index is 0.229. The highest BCUT2D eigenvalue weighted by atomic mass is 16.2. The summed E-state index contributed by atoms with van der Waals surface area (Å²) >= 11 is 0. The Balaban J connectivity index is 1.08. The number of nitrogens with zero attached hydrogens (tertiary/aromatic N) is 4. The Bertz CT molecular complexity index is 1240. The van der Waals surface area contributed by atoms with E-state index in [-0.39, 0.29) is 5.91 Å². The van der Waals surface area contributed by atoms with E-state index in [0.717, 1.165) is 59.2 Å². The zero-order valence-electron chi connectivity index (χ0n) is 16.9. The van der Waals surface area contributed by atoms with Crippen molar-refractivity contribution in [2.24, 2.45) is 5.41 Å². The van der Waals surface area contributed by atoms with Gasteiger partial charge in [-0.1, -0.05) is 18.2 Å². The van der Waals surface area contributed by atoms with Gasteiger partial charge in [-0.3, -0.25) is 4.79 Å². The number of fused-ring (bicyclic) bond motifs is 2. The number of amides is 1. The Labute approximate surface area is 174 Å². The molecule has 0 bridgehead atoms. The van der Waals surface area contributed by atoms with Crippen molar-refractivity contribution in [1.29, 1.82) is 0 Å². The molecule has 0 atom stereocenters. The van der Waals surface area contributed by atoms with Crippen LogP contribution >= 0.6 is 0 Å². The first-order valence-corrected chi connectivity index (χ1v) is 10.5. The summed E-state index contributed by atoms with van der Waals surface area (Å²) in [7, 11) is 2.12. The summed E-state index contributed by atoms with van der Waals surface area (Å²) in [6.45, 7) is 1.75. The van der Waals surface area contributed by atoms with Crippen molar-refractivity contribution >= 4 is 33.7 Å². The number of para-hydroxylation sites is 1. The van der Waals surface area contributed by atoms with Gasteiger partial charge in [-0.15, -0.1) is 0 Å². The number of likely N-dealkylation sites (tertiary alicyclic amines) is 1. The molecule has 1 saturated carbocycles. The molecule has 1 aliphatic heterocycles. The molecule has 1 aromatic carbocycles. The second-order valence-corrected chi connectivity index (χ2v) is 8.90. The molecule has 0 unspecified atom stereocenters. The maximum Gasteiger partial charge on any atom is 0.227 e. The average molecular weight is 400 g/mol. The Morgan fingerprint density at radius 3 is 2.87 bits per heavy atom. The minimum absolute atomic E-state index is 0.229. The highest BCUT2D eigenvalue weighted by Gasteiger charge is 2.54. The van der Waals surface area contributed by atoms with Crippen molar-refractivity contribution in [2.75, 3.05) is 25.0 Å². The Morgan fingerprint density at radius 2 is 2.00 bits per heavy atom. The number of nitrogens with one attached hydrogen (secondary N) is 2. The largest absolute Gasteiger partial charge is 0.361 e. The van der Waals surface area contributed by atoms with Crippen molar-refractivity contribution < 1.29 is 4.79 Å². The number of carbonyl (C=O) groups is 1. The second-order valence-electron chi connectivity index (χ2n) is 8.90. The topological polar surface area (TPSA) is 80.9 Å². The van der Waals surface area contributed by atoms with Crippen LogP contribution in [-0.4, -0.2) is 56.9 Å². The van der Waals surface area contributed by atoms with Crippen LogP contribution in [-0.2, 0) is 11.2 Å². The smallest absolute Gasteiger partial charge is 0.227 e. The molecule has 30 heavy (non-hydrogen) atoms. The van der Waals surface area contributed by atoms with Crippen LogP contribution in [0.3, 0.4) is 0 Å². The van der Waals surface area contributed by atoms with E-state index in [2.05, 4.69) is 37.9 Å². The number of H-pyrrole nitrogens is 2. The third-order valence-electron chi connectivity index (χ3n) is 6.97. The summed E-state index contributed by atoms with van der Waals surface area (Å²) in [6, 6.07) is 10.6. The van der Waals surface area contributed by atoms with Crippen molar-refractivity contribution in [3.05, 3.63) is 54.6 Å². The van der Waals surface area contributed by atoms with E-state index in [4.69, 9.17) is 0 Å². The minimum Gasteiger partial charge on any atom is -0.361 e. The average Bonchev–Trinajstić information content (AvgIpc) is 3.33. The Morgan fingerprint density at radius 1 is 1.17 bits per heavy atom. The number of rotatable bonds is 4. The van der Waals surface area contributed by atoms with Crippen molar-refractivity contribution in [2.45, 2.75) is 25.3 Å². The fourth-order valence-electron chi connectivity index (χ4n) is 5.28. The lowest BCUT2D eigenvalue weighted by atomic mass is 9.60. The van der Waals surface area contributed by atoms with Crippen LogP contribution < -0.4 is 4.90 Å². The van der Waals surface area contributed by atoms with Gasteiger partial charge in [0.15, 0.2) is 0 Å². The molecular weight excluding hydrogens is 376 g/mol. The molecule has 2 fully saturated rings. The van der Waals surface area contributed by atoms with Gasteiger partial charge in [0.25, 0.3) is 0 Å². The SMILES string of the molecule is CN(c1ncnc2[nH]ccc12)C1CC2(C1)CN(C(=O)Cc1c[nH]c3ccccc13)C2. The van der Waals surface area contributed by atoms with Gasteiger partial charge in [-0.05, 0) is 30.5 Å². The van der Waals surface area contributed by atoms with Gasteiger partial charge in [0.2, 0.25) is 5.91 Å². The molecule has 1 amide bonds. The van der Waals surface area contributed by atoms with Gasteiger partial charge >= 0.3 is 0 Å². The first-order chi connectivity index (χ1) is 14.6. The van der Waals surface area contributed by atoms with Gasteiger partial charge in [0, 0.05) is 54.9 Å². The predicted molar refractivity (Wildman–Crippen MR) is 116 cm³/mol. The van der Waals surface area contributed by atoms with Crippen molar-refractivity contribution in [1.82, 2.24) is 24.8 Å². The summed E-state index contributed by atoms with van der Waals surface area (Å²) in [4.78, 5) is 32.3. The van der Waals surface area contributed by atoms with E-state index < -0.39 is 0 Å². The zero-order valence-corrected chi connectivity index (χ0v) is 16.9. The maximum atomic E-state index is 12.8. The summed E-state index contributed by atoms with van der Waals surface area (Å²) in [6.07, 6.45) is 8.17. The number of aromatic amines is 2. The van der Waals surface area contributed by atoms with Crippen LogP contribution in [0.4, 0.5) is 5.82 Å². The summed E-state index contributed by atoms with van der Waals surface area (Å²) < 4.78 is 0. The number of anilines is 1. The van der Waals surface area contributed by atoms with Crippen LogP contribution in [0.2, 0.25) is 0 Å². The van der Waals surface area contributed by atoms with E-state index in [1.165, 1.54) is 0 Å². The zero-order chi connectivity index (χ0) is 20.3. The van der Waals surface area contributed by atoms with Gasteiger partial charge < -0.3 is 19.8 Å². The molecule has 1 saturated heterocycles. The van der Waals surface area contributed by atoms with Crippen LogP contribution in [0, 0.1) is 5.41 Å². The molecule has 1 aliphatic carbocycles. The molecule has 3 aromatic heterocycles. The number of benzene rings is 1. The quantitative estimate of drug-likeness (QED) is 0.552. The molecular formula is C23H24N6O. The van der Waals surface area contributed by atoms with E-state index in [1.54, 1.807) is 6.33 Å². The maximum absolute atomic E-state index is 12.8. The van der Waals surface area contributed by atoms with Crippen LogP contribution in [0.1, 0.15) is 18.4 Å². The molecule has 7 heteroatoms. The van der Waals surface area contributed by atoms with Crippen LogP contribution in [0.25, 0.3) is 21.9 Å². The van der Waals surface area contributed by atoms with Gasteiger partial charge in [0.1, 0.15) is 17.8 Å². The molecule has 1 spiro atoms. The van der Waals surface area contributed by atoms with E-state index in [9.17, 15) is 4.79 Å². The molecule has 6 rings (SSSR count). The lowest BCUT2D eigenvalue weighted by Crippen LogP contribution is -2.67. The first kappa shape index (κ1) is 17.5. The number of hydrogen-bond donors (Lipinski definition) is 2. The molecule has 2 aliphatic rings. The normalized spacial score (nSPS) is 18.0. The van der Waals surface area contributed by atoms with Crippen molar-refractivity contribution in [3.63, 3.8) is 0 Å². The first-order valence-electron chi connectivity index (χ1n) is 10.5. The van der Waals surface area contributed by atoms with Crippen LogP contribution in [0.15, 0.2) is 49.1 Å². The lowest BCUT2D eigenvalue weighted by Gasteiger charge is -2.60. The predicted octanol–water partition coefficient (Wildman–Crippen LogP) is 3.11. The van der Waals surface area contributed by atoms with E-state index in [1.807, 2.05) is 41.6 Å². The van der Waals surface area contributed by atoms with Crippen LogP contribution in [0.5, 0.6) is 0 Å². The monoisotopic (exact) mass is 400 g/mol. The molecule has 4 heterocycles. The lowest BCUT2D eigenvalue weighted by molar-refractivity contribution is -0.150. The summed E-state index contributed by atoms with van der Waals surface area (Å²) in [5, 5.41) is 2.21. The molecule has 152 valence electrons. The van der Waals surface area contributed by atoms with Gasteiger partial charge in [0.05, 0.1) is 11.8 Å². The number of carbonyl (C=O) groups excluding carboxylic acids is 1. The second kappa shape index (κ2) is 6.32. The molecule has 2 N–H and O–H groups in total. The molecule has 0 radical (unpaired) electrons. The third-order valence-corrected chi connectivity index (χ3v) is 6.97. The Hall–Kier alpha value is -3.35. The fraction of sp³-hybridized carbons (Fsp3) is 0.348. The highest BCUT2D eigenvalue weighted by Crippen LogP contribution is 2.51. The van der Waals surface area contributed by atoms with E-state index in [0.29, 0.717) is 17.9 Å². The Kier molecular flexibility index (Phi) is 3.69. The number of aromatic nitrogens is 4. The number of hydrogen-bond acceptors (Lipinski definition) is 4. The molecule has 7 nitrogen and oxygen atoms in total. The van der Waals surface area contributed by atoms with Gasteiger partial charge in [-0.2, -0.15) is 0 Å². The van der Waals surface area contributed by atoms with Crippen molar-refractivity contribution in [3.8, 4) is 0 Å². The summed E-state index contributed by atoms with van der Waals surface area (Å²) in [5.74, 6) is 1.21. The van der Waals surface area contributed by atoms with Gasteiger partial charge in [-0.25, -0.2) is 9.97 Å². The highest BCUT2D eigenvalue weighted by molar-refractivity contribution is 5.89. The molecule has 4 aromatic rings. The van der Waals surface area contributed by atoms with E-state index >= 15 is 0 Å². The third kappa shape index (κ3) is 2.61. The fourth-order valence-corrected chi connectivity index (χ4v) is 5.28. The summed E-state index contributed by atoms with van der Waals surface area (Å²) in [5.41, 5.74) is 3.34. The standard InChI is InChI=1S/C23H24N6O/c1-28(22-18-6-7-24-21(18)26-14-27-22)16-9-23(10-16)12-29(13-23)20(30)8-15-11-25-19-5-3-2-4-17(15)19/h2-7,11,14,16,25H,8-10,12-13H2,1H3,(H,24,26,27).